The minimum Gasteiger partial charge on any atom is -0.462 e. The third-order valence-electron chi connectivity index (χ3n) is 12.0. The first-order chi connectivity index (χ1) is 34.0. The van der Waals surface area contributed by atoms with E-state index in [1.807, 2.05) is 18.2 Å². The number of hydrogen-bond donors (Lipinski definition) is 7. The molecule has 0 bridgehead atoms. The lowest BCUT2D eigenvalue weighted by molar-refractivity contribution is -0.332. The van der Waals surface area contributed by atoms with Crippen LogP contribution in [-0.2, 0) is 38.0 Å². The number of carbonyl (C=O) groups excluding carboxylic acids is 2. The van der Waals surface area contributed by atoms with Gasteiger partial charge in [-0.15, -0.1) is 0 Å². The van der Waals surface area contributed by atoms with E-state index in [1.54, 1.807) is 12.2 Å². The summed E-state index contributed by atoms with van der Waals surface area (Å²) >= 11 is 0. The van der Waals surface area contributed by atoms with Crippen molar-refractivity contribution >= 4 is 11.9 Å². The molecule has 70 heavy (non-hydrogen) atoms. The van der Waals surface area contributed by atoms with E-state index in [1.165, 1.54) is 83.1 Å². The maximum absolute atomic E-state index is 12.9. The van der Waals surface area contributed by atoms with Crippen LogP contribution in [0.25, 0.3) is 0 Å². The lowest BCUT2D eigenvalue weighted by Crippen LogP contribution is -2.61. The SMILES string of the molecule is CCCCC/C=C/C/C=C/C/C=C/C/C=C/C/C=C/CCC(=O)OC[C@@H](CO[C@@H]1O[C@H](CO[C@@H]2O[C@H](CO)[C@H](O)C(O)C2O)[C@H](O)C(O)C1O)OC(=O)/C=C/C=C/CCCCCCCCCCCCC. The van der Waals surface area contributed by atoms with Crippen LogP contribution in [0.2, 0.25) is 0 Å². The van der Waals surface area contributed by atoms with E-state index in [9.17, 15) is 45.3 Å². The van der Waals surface area contributed by atoms with Crippen molar-refractivity contribution in [1.82, 2.24) is 0 Å². The second kappa shape index (κ2) is 41.2. The Hall–Kier alpha value is -3.32. The topological polar surface area (TPSA) is 231 Å². The van der Waals surface area contributed by atoms with E-state index < -0.39 is 106 Å². The van der Waals surface area contributed by atoms with Gasteiger partial charge in [0.15, 0.2) is 18.7 Å². The van der Waals surface area contributed by atoms with Gasteiger partial charge in [-0.3, -0.25) is 4.79 Å². The molecule has 2 aliphatic heterocycles. The maximum atomic E-state index is 12.9. The third-order valence-corrected chi connectivity index (χ3v) is 12.0. The molecule has 11 atom stereocenters. The predicted octanol–water partition coefficient (Wildman–Crippen LogP) is 7.60. The van der Waals surface area contributed by atoms with Crippen LogP contribution < -0.4 is 0 Å². The Kier molecular flexibility index (Phi) is 36.9. The van der Waals surface area contributed by atoms with E-state index in [2.05, 4.69) is 62.5 Å². The molecule has 0 radical (unpaired) electrons. The number of carbonyl (C=O) groups is 2. The fraction of sp³-hybridized carbons (Fsp3) is 0.709. The number of esters is 2. The summed E-state index contributed by atoms with van der Waals surface area (Å²) in [5.41, 5.74) is 0. The Morgan fingerprint density at radius 2 is 0.957 bits per heavy atom. The van der Waals surface area contributed by atoms with Crippen LogP contribution in [0.3, 0.4) is 0 Å². The second-order valence-electron chi connectivity index (χ2n) is 18.1. The summed E-state index contributed by atoms with van der Waals surface area (Å²) in [7, 11) is 0. The zero-order valence-corrected chi connectivity index (χ0v) is 42.2. The summed E-state index contributed by atoms with van der Waals surface area (Å²) in [6.45, 7) is 2.35. The average molecular weight is 991 g/mol. The minimum atomic E-state index is -1.80. The highest BCUT2D eigenvalue weighted by Gasteiger charge is 2.47. The summed E-state index contributed by atoms with van der Waals surface area (Å²) < 4.78 is 33.3. The molecule has 0 aromatic carbocycles. The molecule has 2 aliphatic rings. The van der Waals surface area contributed by atoms with Crippen molar-refractivity contribution in [3.63, 3.8) is 0 Å². The number of hydrogen-bond acceptors (Lipinski definition) is 15. The zero-order valence-electron chi connectivity index (χ0n) is 42.2. The van der Waals surface area contributed by atoms with Crippen LogP contribution >= 0.6 is 0 Å². The molecule has 0 aromatic rings. The van der Waals surface area contributed by atoms with Gasteiger partial charge in [0.2, 0.25) is 0 Å². The molecule has 2 fully saturated rings. The van der Waals surface area contributed by atoms with Gasteiger partial charge < -0.3 is 64.2 Å². The Labute approximate surface area is 418 Å². The molecule has 2 heterocycles. The first kappa shape index (κ1) is 62.8. The normalized spacial score (nSPS) is 26.1. The van der Waals surface area contributed by atoms with Gasteiger partial charge in [-0.05, 0) is 57.8 Å². The number of allylic oxidation sites excluding steroid dienone is 13. The number of unbranched alkanes of at least 4 members (excludes halogenated alkanes) is 14. The summed E-state index contributed by atoms with van der Waals surface area (Å²) in [4.78, 5) is 25.6. The lowest BCUT2D eigenvalue weighted by Gasteiger charge is -2.42. The third kappa shape index (κ3) is 28.7. The van der Waals surface area contributed by atoms with Crippen LogP contribution in [-0.4, -0.2) is 142 Å². The fourth-order valence-corrected chi connectivity index (χ4v) is 7.64. The molecule has 0 aromatic heterocycles. The predicted molar refractivity (Wildman–Crippen MR) is 270 cm³/mol. The Morgan fingerprint density at radius 3 is 1.53 bits per heavy atom. The second-order valence-corrected chi connectivity index (χ2v) is 18.1. The summed E-state index contributed by atoms with van der Waals surface area (Å²) in [5, 5.41) is 72.0. The molecular weight excluding hydrogens is 901 g/mol. The smallest absolute Gasteiger partial charge is 0.331 e. The Balaban J connectivity index is 1.87. The van der Waals surface area contributed by atoms with Gasteiger partial charge in [0.05, 0.1) is 19.8 Å². The van der Waals surface area contributed by atoms with Crippen molar-refractivity contribution < 1.29 is 73.8 Å². The van der Waals surface area contributed by atoms with Crippen molar-refractivity contribution in [2.45, 2.75) is 223 Å². The summed E-state index contributed by atoms with van der Waals surface area (Å²) in [6, 6.07) is 0. The van der Waals surface area contributed by atoms with Gasteiger partial charge in [0.25, 0.3) is 0 Å². The molecular formula is C55H90O15. The number of rotatable bonds is 39. The van der Waals surface area contributed by atoms with Gasteiger partial charge in [-0.1, -0.05) is 170 Å². The van der Waals surface area contributed by atoms with Crippen molar-refractivity contribution in [1.29, 1.82) is 0 Å². The Bertz CT molecular complexity index is 1540. The standard InChI is InChI=1S/C55H90O15/c1-3-5-7-9-11-13-15-17-19-20-21-22-24-25-27-29-31-33-35-37-46(57)65-40-43(68-47(58)38-36-34-32-30-28-26-23-18-16-14-12-10-8-6-4-2)41-66-54-53(64)51(62)49(60)45(70-54)42-67-55-52(63)50(61)48(59)44(39-56)69-55/h11,13,17,19,21-22,25,27,31-34,36,38,43-45,48-56,59-64H,3-10,12,14-16,18,20,23-24,26,28-30,35,37,39-42H2,1-2H3/b13-11+,19-17+,22-21+,27-25+,33-31+,34-32+,38-36+/t43-,44+,45+,48-,49-,50?,51?,52?,53?,54+,55+/m0/s1. The molecule has 0 saturated carbocycles. The largest absolute Gasteiger partial charge is 0.462 e. The quantitative estimate of drug-likeness (QED) is 0.0103. The number of aliphatic hydroxyl groups is 7. The maximum Gasteiger partial charge on any atom is 0.331 e. The molecule has 0 aliphatic carbocycles. The molecule has 0 spiro atoms. The monoisotopic (exact) mass is 991 g/mol. The van der Waals surface area contributed by atoms with Crippen LogP contribution in [0.5, 0.6) is 0 Å². The van der Waals surface area contributed by atoms with E-state index >= 15 is 0 Å². The average Bonchev–Trinajstić information content (AvgIpc) is 3.35. The highest BCUT2D eigenvalue weighted by atomic mass is 16.7. The molecule has 400 valence electrons. The van der Waals surface area contributed by atoms with E-state index in [4.69, 9.17) is 28.4 Å². The molecule has 15 nitrogen and oxygen atoms in total. The first-order valence-electron chi connectivity index (χ1n) is 26.2. The zero-order chi connectivity index (χ0) is 51.0. The summed E-state index contributed by atoms with van der Waals surface area (Å²) in [5.74, 6) is -1.28. The van der Waals surface area contributed by atoms with Gasteiger partial charge in [-0.25, -0.2) is 4.79 Å². The first-order valence-corrected chi connectivity index (χ1v) is 26.2. The van der Waals surface area contributed by atoms with Gasteiger partial charge in [-0.2, -0.15) is 0 Å². The van der Waals surface area contributed by atoms with Gasteiger partial charge in [0, 0.05) is 12.5 Å². The van der Waals surface area contributed by atoms with Gasteiger partial charge in [0.1, 0.15) is 55.4 Å². The molecule has 7 N–H and O–H groups in total. The molecule has 2 saturated heterocycles. The molecule has 0 amide bonds. The Morgan fingerprint density at radius 1 is 0.500 bits per heavy atom. The highest BCUT2D eigenvalue weighted by Crippen LogP contribution is 2.26. The van der Waals surface area contributed by atoms with Crippen molar-refractivity contribution in [2.24, 2.45) is 0 Å². The van der Waals surface area contributed by atoms with Crippen LogP contribution in [0.4, 0.5) is 0 Å². The molecule has 2 rings (SSSR count). The van der Waals surface area contributed by atoms with E-state index in [0.29, 0.717) is 12.8 Å². The van der Waals surface area contributed by atoms with Crippen LogP contribution in [0, 0.1) is 0 Å². The van der Waals surface area contributed by atoms with Crippen LogP contribution in [0.1, 0.15) is 155 Å². The summed E-state index contributed by atoms with van der Waals surface area (Å²) in [6.07, 6.45) is 34.0. The molecule has 15 heteroatoms. The number of ether oxygens (including phenoxy) is 6. The van der Waals surface area contributed by atoms with E-state index in [-0.39, 0.29) is 6.42 Å². The molecule has 4 unspecified atom stereocenters. The van der Waals surface area contributed by atoms with Crippen LogP contribution in [0.15, 0.2) is 85.1 Å². The van der Waals surface area contributed by atoms with Crippen molar-refractivity contribution in [2.75, 3.05) is 26.4 Å². The fourth-order valence-electron chi connectivity index (χ4n) is 7.64. The number of aliphatic hydroxyl groups excluding tert-OH is 7. The highest BCUT2D eigenvalue weighted by molar-refractivity contribution is 5.82. The lowest BCUT2D eigenvalue weighted by atomic mass is 9.98. The van der Waals surface area contributed by atoms with E-state index in [0.717, 1.165) is 44.9 Å². The minimum absolute atomic E-state index is 0.0706. The van der Waals surface area contributed by atoms with Crippen molar-refractivity contribution in [3.8, 4) is 0 Å². The van der Waals surface area contributed by atoms with Crippen molar-refractivity contribution in [3.05, 3.63) is 85.1 Å². The van der Waals surface area contributed by atoms with Gasteiger partial charge >= 0.3 is 11.9 Å².